The molecule has 0 atom stereocenters. The average Bonchev–Trinajstić information content (AvgIpc) is 2.69. The SMILES string of the molecule is CCN(CC)S(=O)(=O)c1cc(C(=O)Nc2cc(F)ccc2NC(=O)OC(C)(C)C)ccc1Cl. The molecule has 0 spiro atoms. The van der Waals surface area contributed by atoms with E-state index in [9.17, 15) is 22.4 Å². The summed E-state index contributed by atoms with van der Waals surface area (Å²) in [5.41, 5.74) is -0.709. The third-order valence-electron chi connectivity index (χ3n) is 4.38. The van der Waals surface area contributed by atoms with Gasteiger partial charge in [0.25, 0.3) is 5.91 Å². The Hall–Kier alpha value is -2.69. The Morgan fingerprint density at radius 1 is 1.03 bits per heavy atom. The number of carbonyl (C=O) groups is 2. The van der Waals surface area contributed by atoms with Gasteiger partial charge in [-0.1, -0.05) is 25.4 Å². The number of rotatable bonds is 7. The fourth-order valence-corrected chi connectivity index (χ4v) is 4.84. The number of hydrogen-bond acceptors (Lipinski definition) is 5. The molecule has 2 aromatic carbocycles. The Labute approximate surface area is 198 Å². The van der Waals surface area contributed by atoms with Crippen LogP contribution >= 0.6 is 11.6 Å². The number of hydrogen-bond donors (Lipinski definition) is 2. The largest absolute Gasteiger partial charge is 0.444 e. The molecule has 0 aliphatic carbocycles. The third kappa shape index (κ3) is 6.89. The van der Waals surface area contributed by atoms with E-state index >= 15 is 0 Å². The minimum atomic E-state index is -3.92. The normalized spacial score (nSPS) is 11.9. The molecule has 11 heteroatoms. The molecule has 8 nitrogen and oxygen atoms in total. The Kier molecular flexibility index (Phi) is 8.45. The van der Waals surface area contributed by atoms with Gasteiger partial charge in [0, 0.05) is 18.7 Å². The maximum absolute atomic E-state index is 13.9. The quantitative estimate of drug-likeness (QED) is 0.550. The predicted molar refractivity (Wildman–Crippen MR) is 126 cm³/mol. The van der Waals surface area contributed by atoms with Crippen molar-refractivity contribution in [1.29, 1.82) is 0 Å². The molecule has 2 N–H and O–H groups in total. The molecule has 0 fully saturated rings. The lowest BCUT2D eigenvalue weighted by molar-refractivity contribution is 0.0635. The lowest BCUT2D eigenvalue weighted by atomic mass is 10.2. The summed E-state index contributed by atoms with van der Waals surface area (Å²) in [6.45, 7) is 8.89. The fraction of sp³-hybridized carbons (Fsp3) is 0.364. The number of anilines is 2. The van der Waals surface area contributed by atoms with Crippen molar-refractivity contribution < 1.29 is 27.1 Å². The van der Waals surface area contributed by atoms with Crippen LogP contribution in [0.5, 0.6) is 0 Å². The third-order valence-corrected chi connectivity index (χ3v) is 6.91. The van der Waals surface area contributed by atoms with Crippen LogP contribution in [0.15, 0.2) is 41.3 Å². The van der Waals surface area contributed by atoms with Crippen molar-refractivity contribution in [2.24, 2.45) is 0 Å². The molecule has 0 aliphatic rings. The first-order chi connectivity index (χ1) is 15.3. The highest BCUT2D eigenvalue weighted by Crippen LogP contribution is 2.28. The molecule has 0 heterocycles. The number of carbonyl (C=O) groups excluding carboxylic acids is 2. The van der Waals surface area contributed by atoms with E-state index in [2.05, 4.69) is 10.6 Å². The second kappa shape index (κ2) is 10.5. The minimum Gasteiger partial charge on any atom is -0.444 e. The summed E-state index contributed by atoms with van der Waals surface area (Å²) in [5, 5.41) is 4.92. The first-order valence-electron chi connectivity index (χ1n) is 10.2. The summed E-state index contributed by atoms with van der Waals surface area (Å²) in [7, 11) is -3.92. The first-order valence-corrected chi connectivity index (χ1v) is 12.0. The number of sulfonamides is 1. The number of nitrogens with one attached hydrogen (secondary N) is 2. The zero-order chi connectivity index (χ0) is 25.0. The van der Waals surface area contributed by atoms with E-state index in [0.29, 0.717) is 0 Å². The van der Waals surface area contributed by atoms with Gasteiger partial charge in [-0.2, -0.15) is 4.31 Å². The van der Waals surface area contributed by atoms with Crippen molar-refractivity contribution in [1.82, 2.24) is 4.31 Å². The maximum Gasteiger partial charge on any atom is 0.412 e. The van der Waals surface area contributed by atoms with Gasteiger partial charge in [0.2, 0.25) is 10.0 Å². The van der Waals surface area contributed by atoms with Gasteiger partial charge < -0.3 is 10.1 Å². The highest BCUT2D eigenvalue weighted by Gasteiger charge is 2.26. The Morgan fingerprint density at radius 3 is 2.24 bits per heavy atom. The standard InChI is InChI=1S/C22H27ClFN3O5S/c1-6-27(7-2)33(30,31)19-12-14(8-10-16(19)23)20(28)25-18-13-15(24)9-11-17(18)26-21(29)32-22(3,4)5/h8-13H,6-7H2,1-5H3,(H,25,28)(H,26,29). The van der Waals surface area contributed by atoms with Crippen molar-refractivity contribution >= 4 is 45.0 Å². The molecule has 0 bridgehead atoms. The molecular formula is C22H27ClFN3O5S. The van der Waals surface area contributed by atoms with Gasteiger partial charge in [-0.3, -0.25) is 10.1 Å². The molecule has 0 saturated carbocycles. The molecule has 0 aliphatic heterocycles. The first kappa shape index (κ1) is 26.6. The molecule has 0 radical (unpaired) electrons. The van der Waals surface area contributed by atoms with Crippen molar-refractivity contribution in [3.8, 4) is 0 Å². The molecule has 2 rings (SSSR count). The molecule has 2 aromatic rings. The lowest BCUT2D eigenvalue weighted by Gasteiger charge is -2.21. The number of nitrogens with zero attached hydrogens (tertiary/aromatic N) is 1. The average molecular weight is 500 g/mol. The van der Waals surface area contributed by atoms with Gasteiger partial charge in [0.15, 0.2) is 0 Å². The van der Waals surface area contributed by atoms with Crippen LogP contribution in [0.4, 0.5) is 20.6 Å². The zero-order valence-electron chi connectivity index (χ0n) is 19.0. The van der Waals surface area contributed by atoms with E-state index in [1.54, 1.807) is 34.6 Å². The maximum atomic E-state index is 13.9. The van der Waals surface area contributed by atoms with E-state index in [0.717, 1.165) is 18.2 Å². The summed E-state index contributed by atoms with van der Waals surface area (Å²) < 4.78 is 46.0. The summed E-state index contributed by atoms with van der Waals surface area (Å²) in [6.07, 6.45) is -0.788. The molecule has 33 heavy (non-hydrogen) atoms. The van der Waals surface area contributed by atoms with Gasteiger partial charge in [0.1, 0.15) is 16.3 Å². The number of benzene rings is 2. The highest BCUT2D eigenvalue weighted by molar-refractivity contribution is 7.89. The summed E-state index contributed by atoms with van der Waals surface area (Å²) in [6, 6.07) is 7.21. The van der Waals surface area contributed by atoms with Crippen molar-refractivity contribution in [3.05, 3.63) is 52.8 Å². The monoisotopic (exact) mass is 499 g/mol. The predicted octanol–water partition coefficient (Wildman–Crippen LogP) is 5.11. The van der Waals surface area contributed by atoms with Crippen LogP contribution in [-0.4, -0.2) is 43.4 Å². The molecule has 2 amide bonds. The topological polar surface area (TPSA) is 105 Å². The lowest BCUT2D eigenvalue weighted by Crippen LogP contribution is -2.31. The van der Waals surface area contributed by atoms with Crippen LogP contribution < -0.4 is 10.6 Å². The zero-order valence-corrected chi connectivity index (χ0v) is 20.6. The Bertz CT molecular complexity index is 1150. The van der Waals surface area contributed by atoms with Gasteiger partial charge in [-0.15, -0.1) is 0 Å². The van der Waals surface area contributed by atoms with E-state index in [-0.39, 0.29) is 39.9 Å². The number of ether oxygens (including phenoxy) is 1. The second-order valence-corrected chi connectivity index (χ2v) is 10.3. The summed E-state index contributed by atoms with van der Waals surface area (Å²) >= 11 is 6.11. The van der Waals surface area contributed by atoms with Gasteiger partial charge >= 0.3 is 6.09 Å². The second-order valence-electron chi connectivity index (χ2n) is 8.01. The van der Waals surface area contributed by atoms with E-state index in [1.165, 1.54) is 22.5 Å². The van der Waals surface area contributed by atoms with Crippen LogP contribution in [0.2, 0.25) is 5.02 Å². The highest BCUT2D eigenvalue weighted by atomic mass is 35.5. The number of halogens is 2. The Balaban J connectivity index is 2.36. The van der Waals surface area contributed by atoms with Crippen molar-refractivity contribution in [2.75, 3.05) is 23.7 Å². The van der Waals surface area contributed by atoms with E-state index in [1.807, 2.05) is 0 Å². The van der Waals surface area contributed by atoms with Crippen LogP contribution in [0, 0.1) is 5.82 Å². The Morgan fingerprint density at radius 2 is 1.67 bits per heavy atom. The molecule has 0 unspecified atom stereocenters. The summed E-state index contributed by atoms with van der Waals surface area (Å²) in [4.78, 5) is 24.8. The minimum absolute atomic E-state index is 0.0161. The van der Waals surface area contributed by atoms with E-state index in [4.69, 9.17) is 16.3 Å². The smallest absolute Gasteiger partial charge is 0.412 e. The van der Waals surface area contributed by atoms with E-state index < -0.39 is 33.4 Å². The van der Waals surface area contributed by atoms with Crippen molar-refractivity contribution in [2.45, 2.75) is 45.1 Å². The fourth-order valence-electron chi connectivity index (χ4n) is 2.88. The van der Waals surface area contributed by atoms with Crippen LogP contribution in [-0.2, 0) is 14.8 Å². The summed E-state index contributed by atoms with van der Waals surface area (Å²) in [5.74, 6) is -1.37. The van der Waals surface area contributed by atoms with Gasteiger partial charge in [-0.05, 0) is 57.2 Å². The van der Waals surface area contributed by atoms with Crippen LogP contribution in [0.3, 0.4) is 0 Å². The molecular weight excluding hydrogens is 473 g/mol. The molecule has 0 aromatic heterocycles. The molecule has 180 valence electrons. The van der Waals surface area contributed by atoms with Gasteiger partial charge in [-0.25, -0.2) is 17.6 Å². The van der Waals surface area contributed by atoms with Gasteiger partial charge in [0.05, 0.1) is 16.4 Å². The number of amides is 2. The molecule has 0 saturated heterocycles. The van der Waals surface area contributed by atoms with Crippen LogP contribution in [0.25, 0.3) is 0 Å². The van der Waals surface area contributed by atoms with Crippen LogP contribution in [0.1, 0.15) is 45.0 Å². The van der Waals surface area contributed by atoms with Crippen molar-refractivity contribution in [3.63, 3.8) is 0 Å².